The smallest absolute Gasteiger partial charge is 0.318 e. The van der Waals surface area contributed by atoms with Crippen LogP contribution in [0.3, 0.4) is 0 Å². The van der Waals surface area contributed by atoms with Gasteiger partial charge in [-0.3, -0.25) is 4.90 Å². The van der Waals surface area contributed by atoms with Gasteiger partial charge in [0, 0.05) is 24.4 Å². The van der Waals surface area contributed by atoms with Gasteiger partial charge in [-0.15, -0.1) is 0 Å². The number of likely N-dealkylation sites (N-methyl/N-ethyl adjacent to an activating group) is 1. The minimum absolute atomic E-state index is 0.0186. The molecule has 2 aromatic rings. The Morgan fingerprint density at radius 3 is 2.48 bits per heavy atom. The van der Waals surface area contributed by atoms with Crippen LogP contribution in [0.4, 0.5) is 23.7 Å². The van der Waals surface area contributed by atoms with Crippen LogP contribution in [0.1, 0.15) is 11.6 Å². The third-order valence-corrected chi connectivity index (χ3v) is 3.97. The lowest BCUT2D eigenvalue weighted by Crippen LogP contribution is -2.30. The van der Waals surface area contributed by atoms with Crippen LogP contribution >= 0.6 is 0 Å². The molecule has 2 aromatic carbocycles. The Kier molecular flexibility index (Phi) is 3.79. The van der Waals surface area contributed by atoms with Crippen LogP contribution in [-0.2, 0) is 0 Å². The van der Waals surface area contributed by atoms with Crippen LogP contribution in [0.5, 0.6) is 0 Å². The first-order chi connectivity index (χ1) is 10.9. The summed E-state index contributed by atoms with van der Waals surface area (Å²) in [4.78, 5) is 15.0. The zero-order valence-corrected chi connectivity index (χ0v) is 12.3. The van der Waals surface area contributed by atoms with Crippen LogP contribution < -0.4 is 10.4 Å². The number of carbonyl (C=O) groups excluding carboxylic acids is 1. The molecule has 1 heterocycles. The molecule has 0 saturated carbocycles. The molecule has 0 aliphatic carbocycles. The number of urea groups is 1. The SMILES string of the molecule is [B]c1ccc(N2CC(c3ccc(F)cc3F)N(C)C2=O)cc1F. The van der Waals surface area contributed by atoms with Gasteiger partial charge in [0.1, 0.15) is 25.3 Å². The third kappa shape index (κ3) is 2.67. The quantitative estimate of drug-likeness (QED) is 0.781. The van der Waals surface area contributed by atoms with Crippen LogP contribution in [0.25, 0.3) is 0 Å². The lowest BCUT2D eigenvalue weighted by atomic mass is 9.95. The highest BCUT2D eigenvalue weighted by atomic mass is 19.1. The van der Waals surface area contributed by atoms with E-state index in [-0.39, 0.29) is 17.6 Å². The molecule has 0 spiro atoms. The Labute approximate surface area is 132 Å². The lowest BCUT2D eigenvalue weighted by Gasteiger charge is -2.18. The molecule has 1 aliphatic rings. The molecule has 1 aliphatic heterocycles. The summed E-state index contributed by atoms with van der Waals surface area (Å²) in [5.74, 6) is -2.04. The van der Waals surface area contributed by atoms with E-state index in [1.165, 1.54) is 35.0 Å². The number of rotatable bonds is 2. The second kappa shape index (κ2) is 5.64. The fourth-order valence-corrected chi connectivity index (χ4v) is 2.68. The molecule has 0 bridgehead atoms. The summed E-state index contributed by atoms with van der Waals surface area (Å²) in [6.07, 6.45) is 0. The molecule has 7 heteroatoms. The van der Waals surface area contributed by atoms with Crippen molar-refractivity contribution < 1.29 is 18.0 Å². The molecule has 1 saturated heterocycles. The van der Waals surface area contributed by atoms with Gasteiger partial charge in [0.25, 0.3) is 0 Å². The number of amides is 2. The Balaban J connectivity index is 1.94. The van der Waals surface area contributed by atoms with Crippen molar-refractivity contribution in [3.05, 3.63) is 59.4 Å². The summed E-state index contributed by atoms with van der Waals surface area (Å²) in [6, 6.07) is 6.28. The van der Waals surface area contributed by atoms with E-state index in [2.05, 4.69) is 0 Å². The topological polar surface area (TPSA) is 23.6 Å². The monoisotopic (exact) mass is 316 g/mol. The number of halogens is 3. The maximum atomic E-state index is 14.0. The average molecular weight is 316 g/mol. The van der Waals surface area contributed by atoms with Gasteiger partial charge >= 0.3 is 6.03 Å². The highest BCUT2D eigenvalue weighted by molar-refractivity contribution is 6.32. The summed E-state index contributed by atoms with van der Waals surface area (Å²) < 4.78 is 40.6. The zero-order valence-electron chi connectivity index (χ0n) is 12.3. The minimum Gasteiger partial charge on any atom is -0.318 e. The molecule has 0 aromatic heterocycles. The first-order valence-electron chi connectivity index (χ1n) is 6.93. The van der Waals surface area contributed by atoms with Gasteiger partial charge < -0.3 is 4.90 Å². The van der Waals surface area contributed by atoms with Crippen molar-refractivity contribution in [1.29, 1.82) is 0 Å². The summed E-state index contributed by atoms with van der Waals surface area (Å²) in [7, 11) is 6.95. The summed E-state index contributed by atoms with van der Waals surface area (Å²) in [5.41, 5.74) is 0.522. The van der Waals surface area contributed by atoms with Gasteiger partial charge in [0.05, 0.1) is 12.6 Å². The molecule has 2 radical (unpaired) electrons. The van der Waals surface area contributed by atoms with Crippen molar-refractivity contribution in [1.82, 2.24) is 4.90 Å². The summed E-state index contributed by atoms with van der Waals surface area (Å²) in [6.45, 7) is 0.126. The predicted molar refractivity (Wildman–Crippen MR) is 81.4 cm³/mol. The normalized spacial score (nSPS) is 17.9. The molecule has 3 nitrogen and oxygen atoms in total. The largest absolute Gasteiger partial charge is 0.324 e. The van der Waals surface area contributed by atoms with E-state index < -0.39 is 29.5 Å². The Hall–Kier alpha value is -2.44. The van der Waals surface area contributed by atoms with Crippen LogP contribution in [-0.4, -0.2) is 32.4 Å². The van der Waals surface area contributed by atoms with E-state index in [0.29, 0.717) is 5.69 Å². The van der Waals surface area contributed by atoms with Crippen molar-refractivity contribution in [2.45, 2.75) is 6.04 Å². The van der Waals surface area contributed by atoms with Crippen molar-refractivity contribution in [2.24, 2.45) is 0 Å². The molecule has 116 valence electrons. The van der Waals surface area contributed by atoms with Crippen LogP contribution in [0.2, 0.25) is 0 Å². The molecule has 1 atom stereocenters. The summed E-state index contributed by atoms with van der Waals surface area (Å²) in [5, 5.41) is 0. The van der Waals surface area contributed by atoms with E-state index in [1.54, 1.807) is 0 Å². The van der Waals surface area contributed by atoms with Gasteiger partial charge in [-0.05, 0) is 18.2 Å². The first-order valence-corrected chi connectivity index (χ1v) is 6.93. The fourth-order valence-electron chi connectivity index (χ4n) is 2.68. The summed E-state index contributed by atoms with van der Waals surface area (Å²) >= 11 is 0. The highest BCUT2D eigenvalue weighted by Crippen LogP contribution is 2.33. The van der Waals surface area contributed by atoms with Gasteiger partial charge in [0.2, 0.25) is 0 Å². The maximum absolute atomic E-state index is 14.0. The number of hydrogen-bond acceptors (Lipinski definition) is 1. The minimum atomic E-state index is -0.722. The third-order valence-electron chi connectivity index (χ3n) is 3.97. The molecular weight excluding hydrogens is 304 g/mol. The van der Waals surface area contributed by atoms with Gasteiger partial charge in [-0.25, -0.2) is 18.0 Å². The van der Waals surface area contributed by atoms with E-state index in [4.69, 9.17) is 7.85 Å². The number of benzene rings is 2. The Morgan fingerprint density at radius 1 is 1.09 bits per heavy atom. The lowest BCUT2D eigenvalue weighted by molar-refractivity contribution is 0.218. The van der Waals surface area contributed by atoms with Gasteiger partial charge in [-0.1, -0.05) is 17.6 Å². The second-order valence-corrected chi connectivity index (χ2v) is 5.39. The van der Waals surface area contributed by atoms with Gasteiger partial charge in [0.15, 0.2) is 0 Å². The van der Waals surface area contributed by atoms with E-state index in [9.17, 15) is 18.0 Å². The number of nitrogens with zero attached hydrogens (tertiary/aromatic N) is 2. The predicted octanol–water partition coefficient (Wildman–Crippen LogP) is 2.51. The fraction of sp³-hybridized carbons (Fsp3) is 0.188. The number of hydrogen-bond donors (Lipinski definition) is 0. The first kappa shape index (κ1) is 15.5. The molecule has 2 amide bonds. The molecule has 23 heavy (non-hydrogen) atoms. The molecular formula is C16H12BF3N2O. The standard InChI is InChI=1S/C16H12BF3N2O/c1-21-15(11-4-2-9(18)6-13(11)19)8-22(16(21)23)10-3-5-12(17)14(20)7-10/h2-7,15H,8H2,1H3. The van der Waals surface area contributed by atoms with E-state index >= 15 is 0 Å². The Morgan fingerprint density at radius 2 is 1.83 bits per heavy atom. The molecule has 1 fully saturated rings. The van der Waals surface area contributed by atoms with Crippen molar-refractivity contribution in [3.63, 3.8) is 0 Å². The average Bonchev–Trinajstić information content (AvgIpc) is 2.79. The molecule has 0 N–H and O–H groups in total. The maximum Gasteiger partial charge on any atom is 0.324 e. The second-order valence-electron chi connectivity index (χ2n) is 5.39. The van der Waals surface area contributed by atoms with E-state index in [0.717, 1.165) is 18.2 Å². The van der Waals surface area contributed by atoms with Crippen molar-refractivity contribution >= 4 is 25.0 Å². The number of carbonyl (C=O) groups is 1. The number of anilines is 1. The van der Waals surface area contributed by atoms with Crippen LogP contribution in [0, 0.1) is 17.5 Å². The Bertz CT molecular complexity index is 784. The van der Waals surface area contributed by atoms with Gasteiger partial charge in [-0.2, -0.15) is 0 Å². The van der Waals surface area contributed by atoms with Crippen molar-refractivity contribution in [2.75, 3.05) is 18.5 Å². The van der Waals surface area contributed by atoms with Crippen molar-refractivity contribution in [3.8, 4) is 0 Å². The molecule has 1 unspecified atom stereocenters. The molecule has 3 rings (SSSR count). The zero-order chi connectivity index (χ0) is 16.7. The van der Waals surface area contributed by atoms with E-state index in [1.807, 2.05) is 0 Å². The van der Waals surface area contributed by atoms with Crippen LogP contribution in [0.15, 0.2) is 36.4 Å². The highest BCUT2D eigenvalue weighted by Gasteiger charge is 2.37.